The summed E-state index contributed by atoms with van der Waals surface area (Å²) in [6, 6.07) is 9.91. The summed E-state index contributed by atoms with van der Waals surface area (Å²) in [5, 5.41) is 37.7. The van der Waals surface area contributed by atoms with Crippen molar-refractivity contribution < 1.29 is 63.3 Å². The van der Waals surface area contributed by atoms with E-state index in [-0.39, 0.29) is 42.5 Å². The van der Waals surface area contributed by atoms with Crippen molar-refractivity contribution in [2.75, 3.05) is 24.5 Å². The first-order valence-electron chi connectivity index (χ1n) is 22.9. The maximum atomic E-state index is 13.8. The number of carboxylic acid groups (broad SMARTS) is 3. The van der Waals surface area contributed by atoms with E-state index < -0.39 is 91.3 Å². The molecule has 0 unspecified atom stereocenters. The summed E-state index contributed by atoms with van der Waals surface area (Å²) in [6.07, 6.45) is 2.13. The molecule has 18 nitrogen and oxygen atoms in total. The van der Waals surface area contributed by atoms with Crippen LogP contribution in [0.15, 0.2) is 41.8 Å². The average molecular weight is 950 g/mol. The number of benzene rings is 1. The molecule has 1 aromatic carbocycles. The fourth-order valence-electron chi connectivity index (χ4n) is 8.59. The Labute approximate surface area is 393 Å². The van der Waals surface area contributed by atoms with E-state index in [2.05, 4.69) is 16.0 Å². The van der Waals surface area contributed by atoms with Crippen LogP contribution in [-0.2, 0) is 49.7 Å². The Morgan fingerprint density at radius 1 is 0.761 bits per heavy atom. The Hall–Kier alpha value is -6.24. The van der Waals surface area contributed by atoms with Crippen LogP contribution in [0.4, 0.5) is 5.69 Å². The second kappa shape index (κ2) is 26.2. The largest absolute Gasteiger partial charge is 0.481 e. The normalized spacial score (nSPS) is 16.0. The number of fused-ring (bicyclic) bond motifs is 1. The van der Waals surface area contributed by atoms with Gasteiger partial charge in [-0.2, -0.15) is 0 Å². The van der Waals surface area contributed by atoms with Gasteiger partial charge in [0.2, 0.25) is 23.6 Å². The van der Waals surface area contributed by atoms with Crippen LogP contribution in [0.3, 0.4) is 0 Å². The third-order valence-electron chi connectivity index (χ3n) is 12.1. The number of unbranched alkanes of at least 4 members (excludes halogenated alkanes) is 3. The van der Waals surface area contributed by atoms with Crippen LogP contribution in [0.1, 0.15) is 120 Å². The van der Waals surface area contributed by atoms with E-state index >= 15 is 0 Å². The molecule has 0 aliphatic heterocycles. The quantitative estimate of drug-likeness (QED) is 0.0381. The number of hydrogen-bond acceptors (Lipinski definition) is 11. The van der Waals surface area contributed by atoms with Crippen LogP contribution in [0, 0.1) is 30.6 Å². The number of carbonyl (C=O) groups is 10. The molecule has 2 heterocycles. The lowest BCUT2D eigenvalue weighted by molar-refractivity contribution is -0.144. The Morgan fingerprint density at radius 3 is 1.99 bits per heavy atom. The molecule has 1 saturated carbocycles. The lowest BCUT2D eigenvalue weighted by Gasteiger charge is -2.27. The number of Topliss-reactive ketones (excluding diaryl/α,β-unsaturated/α-hetero) is 3. The number of ketones is 3. The second-order valence-corrected chi connectivity index (χ2v) is 18.4. The molecular formula is C48H63N5O13S. The summed E-state index contributed by atoms with van der Waals surface area (Å²) in [7, 11) is 0. The van der Waals surface area contributed by atoms with Crippen molar-refractivity contribution in [2.45, 2.75) is 123 Å². The highest BCUT2D eigenvalue weighted by Crippen LogP contribution is 2.34. The Balaban J connectivity index is 1.16. The van der Waals surface area contributed by atoms with Gasteiger partial charge in [-0.05, 0) is 100 Å². The lowest BCUT2D eigenvalue weighted by Crippen LogP contribution is -2.47. The molecule has 2 aromatic heterocycles. The third-order valence-corrected chi connectivity index (χ3v) is 12.9. The van der Waals surface area contributed by atoms with Gasteiger partial charge in [-0.1, -0.05) is 25.0 Å². The van der Waals surface area contributed by atoms with Gasteiger partial charge in [0.1, 0.15) is 12.3 Å². The minimum absolute atomic E-state index is 0.0141. The number of aromatic nitrogens is 1. The number of aliphatic carboxylic acids is 3. The Bertz CT molecular complexity index is 2260. The number of nitrogens with one attached hydrogen (secondary N) is 3. The summed E-state index contributed by atoms with van der Waals surface area (Å²) >= 11 is 1.53. The molecule has 3 atom stereocenters. The standard InChI is InChI=1S/C48H63N5O13S/c1-4-52(35-11-9-10-29(2)20-35)42(57)28-53-37-16-19-67-41(37)27-38(53)40(56)22-31-12-14-32(15-13-31)46(64)49-17-7-5-6-8-18-50-47(65)34(25-44(60)61)23-39(55)36(26-45(62)63)51-48(66)33(21-30(3)54)24-43(58)59/h9-11,16,19-20,27,31-34,36H,4-8,12-15,17-18,21-26,28H2,1-3H3,(H,49,64)(H,50,65)(H,51,66)(H,58,59)(H,60,61)(H,62,63)/t31?,32?,33-,34-,36-/m0/s1. The van der Waals surface area contributed by atoms with Gasteiger partial charge in [-0.25, -0.2) is 0 Å². The number of carbonyl (C=O) groups excluding carboxylic acids is 7. The molecule has 0 spiro atoms. The van der Waals surface area contributed by atoms with Gasteiger partial charge >= 0.3 is 17.9 Å². The Kier molecular flexibility index (Phi) is 20.9. The van der Waals surface area contributed by atoms with E-state index in [9.17, 15) is 58.2 Å². The maximum absolute atomic E-state index is 13.8. The van der Waals surface area contributed by atoms with Crippen LogP contribution in [-0.4, -0.2) is 104 Å². The van der Waals surface area contributed by atoms with Crippen molar-refractivity contribution in [1.29, 1.82) is 0 Å². The van der Waals surface area contributed by atoms with E-state index in [1.165, 1.54) is 11.3 Å². The topological polar surface area (TPSA) is 276 Å². The maximum Gasteiger partial charge on any atom is 0.305 e. The van der Waals surface area contributed by atoms with Gasteiger partial charge in [-0.15, -0.1) is 11.3 Å². The van der Waals surface area contributed by atoms with Crippen molar-refractivity contribution in [2.24, 2.45) is 23.7 Å². The fraction of sp³-hybridized carbons (Fsp3) is 0.542. The van der Waals surface area contributed by atoms with Crippen LogP contribution in [0.5, 0.6) is 0 Å². The van der Waals surface area contributed by atoms with Crippen LogP contribution < -0.4 is 20.9 Å². The zero-order chi connectivity index (χ0) is 49.2. The second-order valence-electron chi connectivity index (χ2n) is 17.4. The summed E-state index contributed by atoms with van der Waals surface area (Å²) in [6.45, 7) is 6.20. The SMILES string of the molecule is CCN(C(=O)Cn1c(C(=O)CC2CCC(C(=O)NCCCCCCNC(=O)[C@H](CC(=O)O)CC(=O)[C@H](CC(=O)O)NC(=O)[C@@H](CC(C)=O)CC(=O)O)CC2)cc2sccc21)c1cccc(C)c1. The van der Waals surface area contributed by atoms with Crippen LogP contribution in [0.25, 0.3) is 10.2 Å². The van der Waals surface area contributed by atoms with Gasteiger partial charge in [0, 0.05) is 50.5 Å². The molecule has 19 heteroatoms. The van der Waals surface area contributed by atoms with E-state index in [0.717, 1.165) is 47.7 Å². The van der Waals surface area contributed by atoms with Crippen LogP contribution >= 0.6 is 11.3 Å². The first kappa shape index (κ1) is 53.4. The number of anilines is 1. The van der Waals surface area contributed by atoms with Gasteiger partial charge in [0.25, 0.3) is 0 Å². The zero-order valence-electron chi connectivity index (χ0n) is 38.4. The van der Waals surface area contributed by atoms with Gasteiger partial charge in [-0.3, -0.25) is 43.2 Å². The van der Waals surface area contributed by atoms with Gasteiger partial charge < -0.3 is 45.5 Å². The third kappa shape index (κ3) is 16.9. The molecule has 4 amide bonds. The fourth-order valence-corrected chi connectivity index (χ4v) is 9.41. The van der Waals surface area contributed by atoms with E-state index in [4.69, 9.17) is 5.11 Å². The van der Waals surface area contributed by atoms with Crippen molar-refractivity contribution in [3.05, 3.63) is 53.0 Å². The molecule has 1 fully saturated rings. The number of hydrogen-bond donors (Lipinski definition) is 6. The molecule has 67 heavy (non-hydrogen) atoms. The summed E-state index contributed by atoms with van der Waals surface area (Å²) in [5.41, 5.74) is 3.25. The number of nitrogens with zero attached hydrogens (tertiary/aromatic N) is 2. The van der Waals surface area contributed by atoms with Crippen molar-refractivity contribution in [3.63, 3.8) is 0 Å². The number of rotatable bonds is 29. The Morgan fingerprint density at radius 2 is 1.39 bits per heavy atom. The first-order chi connectivity index (χ1) is 31.9. The molecule has 6 N–H and O–H groups in total. The minimum atomic E-state index is -1.70. The van der Waals surface area contributed by atoms with E-state index in [1.807, 2.05) is 60.2 Å². The molecule has 3 aromatic rings. The number of aryl methyl sites for hydroxylation is 1. The molecule has 0 bridgehead atoms. The molecule has 0 radical (unpaired) electrons. The summed E-state index contributed by atoms with van der Waals surface area (Å²) in [5.74, 6) is -10.4. The van der Waals surface area contributed by atoms with E-state index in [1.54, 1.807) is 4.90 Å². The molecule has 0 saturated heterocycles. The number of amides is 4. The molecular weight excluding hydrogens is 887 g/mol. The van der Waals surface area contributed by atoms with E-state index in [0.29, 0.717) is 57.3 Å². The predicted molar refractivity (Wildman–Crippen MR) is 248 cm³/mol. The van der Waals surface area contributed by atoms with Crippen LogP contribution in [0.2, 0.25) is 0 Å². The van der Waals surface area contributed by atoms with Crippen molar-refractivity contribution >= 4 is 86.1 Å². The van der Waals surface area contributed by atoms with Gasteiger partial charge in [0.05, 0.1) is 53.1 Å². The smallest absolute Gasteiger partial charge is 0.305 e. The highest BCUT2D eigenvalue weighted by atomic mass is 32.1. The number of likely N-dealkylation sites (N-methyl/N-ethyl adjacent to an activating group) is 1. The lowest BCUT2D eigenvalue weighted by atomic mass is 9.79. The highest BCUT2D eigenvalue weighted by molar-refractivity contribution is 7.17. The van der Waals surface area contributed by atoms with Crippen molar-refractivity contribution in [1.82, 2.24) is 20.5 Å². The highest BCUT2D eigenvalue weighted by Gasteiger charge is 2.33. The van der Waals surface area contributed by atoms with Crippen molar-refractivity contribution in [3.8, 4) is 0 Å². The molecule has 1 aliphatic rings. The molecule has 364 valence electrons. The summed E-state index contributed by atoms with van der Waals surface area (Å²) < 4.78 is 2.79. The number of thiophene rings is 1. The number of carboxylic acids is 3. The molecule has 4 rings (SSSR count). The summed E-state index contributed by atoms with van der Waals surface area (Å²) in [4.78, 5) is 127. The monoisotopic (exact) mass is 949 g/mol. The predicted octanol–water partition coefficient (Wildman–Crippen LogP) is 5.32. The first-order valence-corrected chi connectivity index (χ1v) is 23.7. The zero-order valence-corrected chi connectivity index (χ0v) is 39.2. The molecule has 1 aliphatic carbocycles. The minimum Gasteiger partial charge on any atom is -0.481 e. The van der Waals surface area contributed by atoms with Gasteiger partial charge in [0.15, 0.2) is 11.6 Å². The average Bonchev–Trinajstić information content (AvgIpc) is 3.86.